The second-order valence-corrected chi connectivity index (χ2v) is 5.00. The number of nitrogens with zero attached hydrogens (tertiary/aromatic N) is 2. The van der Waals surface area contributed by atoms with E-state index in [1.807, 2.05) is 6.07 Å². The van der Waals surface area contributed by atoms with Gasteiger partial charge in [0, 0.05) is 12.7 Å². The van der Waals surface area contributed by atoms with Crippen molar-refractivity contribution in [2.75, 3.05) is 26.2 Å². The van der Waals surface area contributed by atoms with E-state index in [1.165, 1.54) is 0 Å². The van der Waals surface area contributed by atoms with Gasteiger partial charge in [-0.15, -0.1) is 0 Å². The van der Waals surface area contributed by atoms with Crippen molar-refractivity contribution in [1.29, 1.82) is 5.26 Å². The first-order chi connectivity index (χ1) is 9.22. The number of amides is 1. The Labute approximate surface area is 113 Å². The molecule has 2 heterocycles. The van der Waals surface area contributed by atoms with Crippen LogP contribution in [-0.2, 0) is 0 Å². The average molecular weight is 260 g/mol. The van der Waals surface area contributed by atoms with Gasteiger partial charge in [-0.3, -0.25) is 4.79 Å². The van der Waals surface area contributed by atoms with Gasteiger partial charge >= 0.3 is 0 Å². The topological polar surface area (TPSA) is 71.9 Å². The SMILES string of the molecule is CCN1CCC(CNC(=O)c2cc(C#N)c[nH]2)CC1. The Morgan fingerprint density at radius 2 is 2.32 bits per heavy atom. The van der Waals surface area contributed by atoms with Crippen LogP contribution in [-0.4, -0.2) is 42.0 Å². The summed E-state index contributed by atoms with van der Waals surface area (Å²) in [6.07, 6.45) is 3.83. The molecule has 0 aliphatic carbocycles. The number of rotatable bonds is 4. The van der Waals surface area contributed by atoms with Gasteiger partial charge in [-0.2, -0.15) is 5.26 Å². The highest BCUT2D eigenvalue weighted by atomic mass is 16.1. The lowest BCUT2D eigenvalue weighted by Gasteiger charge is -2.30. The number of nitrogens with one attached hydrogen (secondary N) is 2. The molecule has 0 atom stereocenters. The molecular formula is C14H20N4O. The molecule has 1 fully saturated rings. The summed E-state index contributed by atoms with van der Waals surface area (Å²) in [6.45, 7) is 6.26. The van der Waals surface area contributed by atoms with E-state index in [1.54, 1.807) is 12.3 Å². The molecule has 19 heavy (non-hydrogen) atoms. The highest BCUT2D eigenvalue weighted by Gasteiger charge is 2.19. The molecule has 0 aromatic carbocycles. The molecule has 1 saturated heterocycles. The molecule has 1 aromatic rings. The first-order valence-electron chi connectivity index (χ1n) is 6.82. The highest BCUT2D eigenvalue weighted by molar-refractivity contribution is 5.92. The van der Waals surface area contributed by atoms with Crippen molar-refractivity contribution in [3.8, 4) is 6.07 Å². The van der Waals surface area contributed by atoms with Gasteiger partial charge < -0.3 is 15.2 Å². The van der Waals surface area contributed by atoms with Crippen molar-refractivity contribution in [3.05, 3.63) is 23.5 Å². The van der Waals surface area contributed by atoms with Crippen LogP contribution < -0.4 is 5.32 Å². The predicted molar refractivity (Wildman–Crippen MR) is 72.7 cm³/mol. The zero-order valence-electron chi connectivity index (χ0n) is 11.3. The van der Waals surface area contributed by atoms with Gasteiger partial charge in [0.2, 0.25) is 0 Å². The monoisotopic (exact) mass is 260 g/mol. The fraction of sp³-hybridized carbons (Fsp3) is 0.571. The summed E-state index contributed by atoms with van der Waals surface area (Å²) in [6, 6.07) is 3.58. The minimum absolute atomic E-state index is 0.126. The summed E-state index contributed by atoms with van der Waals surface area (Å²) in [7, 11) is 0. The maximum atomic E-state index is 11.9. The van der Waals surface area contributed by atoms with Crippen molar-refractivity contribution in [2.45, 2.75) is 19.8 Å². The van der Waals surface area contributed by atoms with E-state index in [0.717, 1.165) is 39.0 Å². The quantitative estimate of drug-likeness (QED) is 0.858. The molecule has 1 aromatic heterocycles. The maximum Gasteiger partial charge on any atom is 0.267 e. The van der Waals surface area contributed by atoms with Crippen LogP contribution in [0.4, 0.5) is 0 Å². The normalized spacial score (nSPS) is 17.1. The van der Waals surface area contributed by atoms with Gasteiger partial charge in [-0.05, 0) is 44.5 Å². The molecule has 0 unspecified atom stereocenters. The number of piperidine rings is 1. The number of nitriles is 1. The Hall–Kier alpha value is -1.80. The highest BCUT2D eigenvalue weighted by Crippen LogP contribution is 2.16. The summed E-state index contributed by atoms with van der Waals surface area (Å²) < 4.78 is 0. The molecule has 2 N–H and O–H groups in total. The lowest BCUT2D eigenvalue weighted by molar-refractivity contribution is 0.0932. The molecule has 1 aliphatic rings. The Morgan fingerprint density at radius 1 is 1.58 bits per heavy atom. The van der Waals surface area contributed by atoms with E-state index in [9.17, 15) is 4.79 Å². The first kappa shape index (κ1) is 13.6. The summed E-state index contributed by atoms with van der Waals surface area (Å²) in [5.41, 5.74) is 0.948. The molecule has 0 spiro atoms. The predicted octanol–water partition coefficient (Wildman–Crippen LogP) is 1.35. The van der Waals surface area contributed by atoms with Gasteiger partial charge in [-0.1, -0.05) is 6.92 Å². The third-order valence-electron chi connectivity index (χ3n) is 3.76. The second-order valence-electron chi connectivity index (χ2n) is 5.00. The number of carbonyl (C=O) groups is 1. The zero-order chi connectivity index (χ0) is 13.7. The summed E-state index contributed by atoms with van der Waals surface area (Å²) in [4.78, 5) is 17.1. The molecule has 0 saturated carbocycles. The number of aromatic nitrogens is 1. The van der Waals surface area contributed by atoms with E-state index >= 15 is 0 Å². The van der Waals surface area contributed by atoms with Gasteiger partial charge in [0.15, 0.2) is 0 Å². The maximum absolute atomic E-state index is 11.9. The molecule has 0 bridgehead atoms. The zero-order valence-corrected chi connectivity index (χ0v) is 11.3. The summed E-state index contributed by atoms with van der Waals surface area (Å²) in [5.74, 6) is 0.441. The van der Waals surface area contributed by atoms with Gasteiger partial charge in [-0.25, -0.2) is 0 Å². The lowest BCUT2D eigenvalue weighted by atomic mass is 9.97. The lowest BCUT2D eigenvalue weighted by Crippen LogP contribution is -2.38. The Morgan fingerprint density at radius 3 is 2.89 bits per heavy atom. The Kier molecular flexibility index (Phi) is 4.58. The summed E-state index contributed by atoms with van der Waals surface area (Å²) in [5, 5.41) is 11.6. The second kappa shape index (κ2) is 6.39. The van der Waals surface area contributed by atoms with Crippen LogP contribution in [0, 0.1) is 17.2 Å². The van der Waals surface area contributed by atoms with Crippen molar-refractivity contribution >= 4 is 5.91 Å². The van der Waals surface area contributed by atoms with Crippen molar-refractivity contribution in [3.63, 3.8) is 0 Å². The molecule has 5 nitrogen and oxygen atoms in total. The van der Waals surface area contributed by atoms with Gasteiger partial charge in [0.05, 0.1) is 5.56 Å². The van der Waals surface area contributed by atoms with Crippen molar-refractivity contribution in [1.82, 2.24) is 15.2 Å². The van der Waals surface area contributed by atoms with Gasteiger partial charge in [0.1, 0.15) is 11.8 Å². The number of likely N-dealkylation sites (tertiary alicyclic amines) is 1. The molecule has 1 aliphatic heterocycles. The van der Waals surface area contributed by atoms with Crippen LogP contribution in [0.3, 0.4) is 0 Å². The first-order valence-corrected chi connectivity index (χ1v) is 6.82. The minimum atomic E-state index is -0.126. The molecule has 2 rings (SSSR count). The average Bonchev–Trinajstić information content (AvgIpc) is 2.94. The standard InChI is InChI=1S/C14H20N4O/c1-2-18-5-3-11(4-6-18)9-17-14(19)13-7-12(8-15)10-16-13/h7,10-11,16H,2-6,9H2,1H3,(H,17,19). The molecule has 102 valence electrons. The fourth-order valence-electron chi connectivity index (χ4n) is 2.43. The largest absolute Gasteiger partial charge is 0.356 e. The van der Waals surface area contributed by atoms with Gasteiger partial charge in [0.25, 0.3) is 5.91 Å². The van der Waals surface area contributed by atoms with Crippen LogP contribution in [0.15, 0.2) is 12.3 Å². The Bertz CT molecular complexity index is 466. The van der Waals surface area contributed by atoms with Crippen molar-refractivity contribution < 1.29 is 4.79 Å². The van der Waals surface area contributed by atoms with Crippen LogP contribution >= 0.6 is 0 Å². The van der Waals surface area contributed by atoms with E-state index in [0.29, 0.717) is 17.2 Å². The fourth-order valence-corrected chi connectivity index (χ4v) is 2.43. The number of H-pyrrole nitrogens is 1. The smallest absolute Gasteiger partial charge is 0.267 e. The molecule has 0 radical (unpaired) electrons. The summed E-state index contributed by atoms with van der Waals surface area (Å²) >= 11 is 0. The number of carbonyl (C=O) groups excluding carboxylic acids is 1. The molecule has 5 heteroatoms. The molecule has 1 amide bonds. The van der Waals surface area contributed by atoms with E-state index in [4.69, 9.17) is 5.26 Å². The number of hydrogen-bond donors (Lipinski definition) is 2. The van der Waals surface area contributed by atoms with Crippen molar-refractivity contribution in [2.24, 2.45) is 5.92 Å². The van der Waals surface area contributed by atoms with E-state index in [-0.39, 0.29) is 5.91 Å². The minimum Gasteiger partial charge on any atom is -0.356 e. The van der Waals surface area contributed by atoms with Crippen LogP contribution in [0.25, 0.3) is 0 Å². The van der Waals surface area contributed by atoms with Crippen LogP contribution in [0.2, 0.25) is 0 Å². The third-order valence-corrected chi connectivity index (χ3v) is 3.76. The van der Waals surface area contributed by atoms with E-state index < -0.39 is 0 Å². The van der Waals surface area contributed by atoms with E-state index in [2.05, 4.69) is 22.1 Å². The number of hydrogen-bond acceptors (Lipinski definition) is 3. The third kappa shape index (κ3) is 3.58. The van der Waals surface area contributed by atoms with Crippen LogP contribution in [0.1, 0.15) is 35.8 Å². The van der Waals surface area contributed by atoms with Crippen LogP contribution in [0.5, 0.6) is 0 Å². The molecular weight excluding hydrogens is 240 g/mol. The number of aromatic amines is 1. The Balaban J connectivity index is 1.77.